The lowest BCUT2D eigenvalue weighted by atomic mass is 9.80. The number of fused-ring (bicyclic) bond motifs is 1. The van der Waals surface area contributed by atoms with Crippen molar-refractivity contribution in [1.82, 2.24) is 24.6 Å². The Morgan fingerprint density at radius 2 is 1.64 bits per heavy atom. The first-order valence-corrected chi connectivity index (χ1v) is 14.4. The first-order valence-electron chi connectivity index (χ1n) is 14.4. The van der Waals surface area contributed by atoms with Gasteiger partial charge in [0.05, 0.1) is 16.8 Å². The molecule has 39 heavy (non-hydrogen) atoms. The van der Waals surface area contributed by atoms with Crippen molar-refractivity contribution in [1.29, 1.82) is 0 Å². The highest BCUT2D eigenvalue weighted by Crippen LogP contribution is 2.32. The van der Waals surface area contributed by atoms with Crippen molar-refractivity contribution in [3.8, 4) is 5.69 Å². The van der Waals surface area contributed by atoms with Crippen LogP contribution in [0, 0.1) is 18.8 Å². The lowest BCUT2D eigenvalue weighted by Crippen LogP contribution is -2.28. The molecule has 7 heteroatoms. The molecule has 1 N–H and O–H groups in total. The Morgan fingerprint density at radius 3 is 2.38 bits per heavy atom. The van der Waals surface area contributed by atoms with Gasteiger partial charge in [-0.25, -0.2) is 14.6 Å². The maximum Gasteiger partial charge on any atom is 0.276 e. The molecular weight excluding hydrogens is 484 g/mol. The Kier molecular flexibility index (Phi) is 8.46. The maximum atomic E-state index is 13.1. The number of rotatable bonds is 10. The monoisotopic (exact) mass is 526 g/mol. The summed E-state index contributed by atoms with van der Waals surface area (Å²) in [5.41, 5.74) is 3.90. The van der Waals surface area contributed by atoms with Crippen LogP contribution in [0.3, 0.4) is 0 Å². The van der Waals surface area contributed by atoms with Crippen LogP contribution in [-0.2, 0) is 20.0 Å². The molecule has 0 aliphatic heterocycles. The van der Waals surface area contributed by atoms with E-state index in [1.165, 1.54) is 32.1 Å². The van der Waals surface area contributed by atoms with Crippen LogP contribution in [0.1, 0.15) is 55.6 Å². The molecule has 1 saturated carbocycles. The third-order valence-electron chi connectivity index (χ3n) is 8.44. The van der Waals surface area contributed by atoms with Crippen molar-refractivity contribution in [2.24, 2.45) is 18.9 Å². The molecule has 2 aromatic heterocycles. The molecule has 2 heterocycles. The molecule has 0 atom stereocenters. The van der Waals surface area contributed by atoms with E-state index in [2.05, 4.69) is 28.4 Å². The molecule has 1 fully saturated rings. The zero-order chi connectivity index (χ0) is 27.4. The molecule has 0 saturated heterocycles. The average molecular weight is 527 g/mol. The van der Waals surface area contributed by atoms with E-state index in [9.17, 15) is 4.79 Å². The smallest absolute Gasteiger partial charge is 0.276 e. The molecule has 5 rings (SSSR count). The van der Waals surface area contributed by atoms with Crippen molar-refractivity contribution < 1.29 is 0 Å². The van der Waals surface area contributed by atoms with E-state index in [-0.39, 0.29) is 5.56 Å². The van der Waals surface area contributed by atoms with Crippen LogP contribution in [0.2, 0.25) is 0 Å². The van der Waals surface area contributed by atoms with Crippen molar-refractivity contribution in [3.63, 3.8) is 0 Å². The van der Waals surface area contributed by atoms with Gasteiger partial charge in [0.1, 0.15) is 11.6 Å². The van der Waals surface area contributed by atoms with E-state index in [0.717, 1.165) is 64.8 Å². The van der Waals surface area contributed by atoms with Gasteiger partial charge in [-0.3, -0.25) is 9.48 Å². The number of aryl methyl sites for hydroxylation is 1. The quantitative estimate of drug-likeness (QED) is 0.299. The van der Waals surface area contributed by atoms with Gasteiger partial charge in [-0.2, -0.15) is 0 Å². The largest absolute Gasteiger partial charge is 0.362 e. The summed E-state index contributed by atoms with van der Waals surface area (Å²) in [6, 6.07) is 18.2. The maximum absolute atomic E-state index is 13.1. The highest BCUT2D eigenvalue weighted by atomic mass is 16.1. The Balaban J connectivity index is 1.08. The van der Waals surface area contributed by atoms with Crippen molar-refractivity contribution in [3.05, 3.63) is 82.0 Å². The number of anilines is 1. The Bertz CT molecular complexity index is 1450. The van der Waals surface area contributed by atoms with E-state index in [1.807, 2.05) is 69.1 Å². The second-order valence-electron chi connectivity index (χ2n) is 11.3. The third-order valence-corrected chi connectivity index (χ3v) is 8.44. The molecule has 0 unspecified atom stereocenters. The summed E-state index contributed by atoms with van der Waals surface area (Å²) in [6.07, 6.45) is 8.42. The molecule has 1 aliphatic carbocycles. The first kappa shape index (κ1) is 27.1. The van der Waals surface area contributed by atoms with Crippen molar-refractivity contribution in [2.45, 2.75) is 58.4 Å². The van der Waals surface area contributed by atoms with Gasteiger partial charge in [0, 0.05) is 45.2 Å². The van der Waals surface area contributed by atoms with Crippen molar-refractivity contribution >= 4 is 16.7 Å². The number of hydrogen-bond donors (Lipinski definition) is 1. The van der Waals surface area contributed by atoms with Gasteiger partial charge in [0.25, 0.3) is 5.56 Å². The van der Waals surface area contributed by atoms with E-state index in [1.54, 1.807) is 4.68 Å². The van der Waals surface area contributed by atoms with Crippen molar-refractivity contribution in [2.75, 3.05) is 25.5 Å². The summed E-state index contributed by atoms with van der Waals surface area (Å²) < 4.78 is 3.73. The van der Waals surface area contributed by atoms with Crippen LogP contribution < -0.4 is 15.8 Å². The summed E-state index contributed by atoms with van der Waals surface area (Å²) in [4.78, 5) is 24.9. The van der Waals surface area contributed by atoms with Gasteiger partial charge in [-0.1, -0.05) is 49.6 Å². The Morgan fingerprint density at radius 1 is 0.949 bits per heavy atom. The zero-order valence-corrected chi connectivity index (χ0v) is 23.9. The van der Waals surface area contributed by atoms with Gasteiger partial charge in [0.2, 0.25) is 0 Å². The topological polar surface area (TPSA) is 68.0 Å². The molecular formula is C32H42N6O. The summed E-state index contributed by atoms with van der Waals surface area (Å²) in [6.45, 7) is 3.64. The number of para-hydroxylation sites is 2. The van der Waals surface area contributed by atoms with Crippen LogP contribution in [0.4, 0.5) is 5.82 Å². The summed E-state index contributed by atoms with van der Waals surface area (Å²) in [7, 11) is 6.06. The van der Waals surface area contributed by atoms with Crippen LogP contribution in [0.25, 0.3) is 16.6 Å². The second-order valence-corrected chi connectivity index (χ2v) is 11.3. The highest BCUT2D eigenvalue weighted by molar-refractivity contribution is 5.89. The number of benzene rings is 2. The van der Waals surface area contributed by atoms with E-state index >= 15 is 0 Å². The Hall–Kier alpha value is -3.45. The van der Waals surface area contributed by atoms with Gasteiger partial charge in [-0.05, 0) is 68.8 Å². The van der Waals surface area contributed by atoms with Gasteiger partial charge >= 0.3 is 0 Å². The van der Waals surface area contributed by atoms with E-state index in [0.29, 0.717) is 12.5 Å². The predicted molar refractivity (Wildman–Crippen MR) is 160 cm³/mol. The summed E-state index contributed by atoms with van der Waals surface area (Å²) in [5.74, 6) is 3.45. The van der Waals surface area contributed by atoms with Crippen LogP contribution in [0.5, 0.6) is 0 Å². The molecule has 0 radical (unpaired) electrons. The molecule has 4 aromatic rings. The van der Waals surface area contributed by atoms with Gasteiger partial charge in [0.15, 0.2) is 0 Å². The van der Waals surface area contributed by atoms with Crippen LogP contribution in [-0.4, -0.2) is 40.0 Å². The fourth-order valence-corrected chi connectivity index (χ4v) is 6.06. The molecule has 1 aliphatic rings. The number of nitrogens with one attached hydrogen (secondary N) is 1. The summed E-state index contributed by atoms with van der Waals surface area (Å²) >= 11 is 0. The molecule has 0 spiro atoms. The number of nitrogens with zero attached hydrogens (tertiary/aromatic N) is 5. The fraction of sp³-hybridized carbons (Fsp3) is 0.469. The first-order chi connectivity index (χ1) is 18.9. The number of hydrogen-bond acceptors (Lipinski definition) is 5. The molecule has 0 amide bonds. The third kappa shape index (κ3) is 6.09. The molecule has 2 aromatic carbocycles. The second kappa shape index (κ2) is 12.2. The summed E-state index contributed by atoms with van der Waals surface area (Å²) in [5, 5.41) is 4.72. The fourth-order valence-electron chi connectivity index (χ4n) is 6.06. The minimum Gasteiger partial charge on any atom is -0.362 e. The molecule has 206 valence electrons. The lowest BCUT2D eigenvalue weighted by Gasteiger charge is -2.28. The Labute approximate surface area is 231 Å². The van der Waals surface area contributed by atoms with Gasteiger partial charge < -0.3 is 10.2 Å². The van der Waals surface area contributed by atoms with Crippen LogP contribution >= 0.6 is 0 Å². The highest BCUT2D eigenvalue weighted by Gasteiger charge is 2.22. The molecule has 7 nitrogen and oxygen atoms in total. The number of aromatic nitrogens is 4. The van der Waals surface area contributed by atoms with E-state index in [4.69, 9.17) is 9.97 Å². The molecule has 0 bridgehead atoms. The normalized spacial score (nSPS) is 17.5. The SMILES string of the molecule is Cc1c(CNCC2CCC(CCCc3nc(N(C)C)c4ccccc4n3)CC2)c(=O)n(-c2ccccc2)n1C. The average Bonchev–Trinajstić information content (AvgIpc) is 3.16. The predicted octanol–water partition coefficient (Wildman–Crippen LogP) is 5.41. The minimum absolute atomic E-state index is 0.0745. The standard InChI is InChI=1S/C32H42N6O/c1-23-28(32(39)38(37(23)4)26-12-6-5-7-13-26)22-33-21-25-19-17-24(18-20-25)11-10-16-30-34-29-15-9-8-14-27(29)31(35-30)36(2)3/h5-9,12-15,24-25,33H,10-11,16-22H2,1-4H3. The minimum atomic E-state index is 0.0745. The van der Waals surface area contributed by atoms with Crippen LogP contribution in [0.15, 0.2) is 59.4 Å². The van der Waals surface area contributed by atoms with E-state index < -0.39 is 0 Å². The van der Waals surface area contributed by atoms with Gasteiger partial charge in [-0.15, -0.1) is 0 Å². The lowest BCUT2D eigenvalue weighted by molar-refractivity contribution is 0.253. The zero-order valence-electron chi connectivity index (χ0n) is 23.9.